The first-order valence-corrected chi connectivity index (χ1v) is 11.9. The molecule has 1 saturated heterocycles. The summed E-state index contributed by atoms with van der Waals surface area (Å²) < 4.78 is 5.72. The highest BCUT2D eigenvalue weighted by Crippen LogP contribution is 2.39. The molecular formula is C25H44N6O3. The molecule has 0 radical (unpaired) electrons. The number of allylic oxidation sites excluding steroid dienone is 1. The highest BCUT2D eigenvalue weighted by atomic mass is 16.5. The predicted octanol–water partition coefficient (Wildman–Crippen LogP) is 2.52. The third-order valence-electron chi connectivity index (χ3n) is 5.33. The summed E-state index contributed by atoms with van der Waals surface area (Å²) in [6.45, 7) is 6.89. The van der Waals surface area contributed by atoms with Crippen LogP contribution in [0.15, 0.2) is 41.2 Å². The van der Waals surface area contributed by atoms with Crippen LogP contribution in [-0.2, 0) is 4.74 Å². The first-order valence-electron chi connectivity index (χ1n) is 11.9. The molecule has 0 unspecified atom stereocenters. The van der Waals surface area contributed by atoms with Gasteiger partial charge in [0.2, 0.25) is 0 Å². The van der Waals surface area contributed by atoms with E-state index in [9.17, 15) is 5.11 Å². The fourth-order valence-electron chi connectivity index (χ4n) is 3.51. The van der Waals surface area contributed by atoms with Gasteiger partial charge in [-0.2, -0.15) is 5.10 Å². The molecule has 0 atom stereocenters. The monoisotopic (exact) mass is 476 g/mol. The molecule has 1 saturated carbocycles. The number of terminal acetylenes is 1. The standard InChI is InChI=1S/C10H15N5.C9H16O2.C4H11NO.C2H2/c1-2-3-4-8(7-11)10(12)14-9-5-6-13-15-9;10-8-2-5-9(6-3-8)4-1-7-11-9;1-2-5-3-4-6;1-2/h3-7H,2,11H2,1H3,(H3,12,13,14,15);8,10H,1-7H2;5-6H,2-4H2,1H3;1-2H/b4-3-,8-7-;;;. The van der Waals surface area contributed by atoms with Crippen molar-refractivity contribution >= 4 is 11.7 Å². The molecule has 2 aliphatic rings. The number of nitrogens with zero attached hydrogens (tertiary/aromatic N) is 2. The van der Waals surface area contributed by atoms with E-state index < -0.39 is 0 Å². The Morgan fingerprint density at radius 3 is 2.50 bits per heavy atom. The zero-order chi connectivity index (χ0) is 25.7. The maximum atomic E-state index is 9.30. The van der Waals surface area contributed by atoms with Crippen molar-refractivity contribution < 1.29 is 14.9 Å². The van der Waals surface area contributed by atoms with Crippen molar-refractivity contribution in [3.8, 4) is 12.8 Å². The summed E-state index contributed by atoms with van der Waals surface area (Å²) in [4.78, 5) is 4.12. The van der Waals surface area contributed by atoms with Crippen molar-refractivity contribution in [3.63, 3.8) is 0 Å². The number of ether oxygens (including phenoxy) is 1. The molecule has 3 rings (SSSR count). The van der Waals surface area contributed by atoms with Crippen molar-refractivity contribution in [3.05, 3.63) is 36.2 Å². The topological polar surface area (TPSA) is 155 Å². The van der Waals surface area contributed by atoms with Crippen LogP contribution in [0.5, 0.6) is 0 Å². The zero-order valence-corrected chi connectivity index (χ0v) is 20.7. The molecule has 192 valence electrons. The summed E-state index contributed by atoms with van der Waals surface area (Å²) in [7, 11) is 0. The Labute approximate surface area is 204 Å². The Balaban J connectivity index is 0.000000502. The van der Waals surface area contributed by atoms with Gasteiger partial charge in [-0.05, 0) is 51.5 Å². The molecule has 0 aromatic carbocycles. The lowest BCUT2D eigenvalue weighted by Crippen LogP contribution is -2.34. The molecule has 2 fully saturated rings. The summed E-state index contributed by atoms with van der Waals surface area (Å²) in [5, 5.41) is 26.8. The second-order valence-corrected chi connectivity index (χ2v) is 7.81. The number of nitrogens with two attached hydrogens (primary N) is 2. The molecule has 1 aliphatic heterocycles. The van der Waals surface area contributed by atoms with E-state index in [1.807, 2.05) is 26.0 Å². The second-order valence-electron chi connectivity index (χ2n) is 7.81. The Kier molecular flexibility index (Phi) is 18.3. The number of likely N-dealkylation sites (N-methyl/N-ethyl adjacent to an activating group) is 1. The fourth-order valence-corrected chi connectivity index (χ4v) is 3.51. The van der Waals surface area contributed by atoms with E-state index in [-0.39, 0.29) is 18.3 Å². The second kappa shape index (κ2) is 19.8. The number of rotatable bonds is 7. The minimum atomic E-state index is -0.0511. The number of hydrogen-bond donors (Lipinski definition) is 6. The Morgan fingerprint density at radius 2 is 2.06 bits per heavy atom. The molecule has 9 nitrogen and oxygen atoms in total. The largest absolute Gasteiger partial charge is 0.404 e. The number of aliphatic imine (C=N–C) groups is 1. The van der Waals surface area contributed by atoms with Crippen molar-refractivity contribution in [2.45, 2.75) is 70.5 Å². The third kappa shape index (κ3) is 13.2. The van der Waals surface area contributed by atoms with Gasteiger partial charge in [0.1, 0.15) is 11.7 Å². The minimum absolute atomic E-state index is 0.0511. The molecule has 8 N–H and O–H groups in total. The van der Waals surface area contributed by atoms with Gasteiger partial charge in [-0.1, -0.05) is 26.0 Å². The van der Waals surface area contributed by atoms with Crippen LogP contribution in [0.3, 0.4) is 0 Å². The number of H-pyrrole nitrogens is 1. The first kappa shape index (κ1) is 31.4. The summed E-state index contributed by atoms with van der Waals surface area (Å²) >= 11 is 0. The van der Waals surface area contributed by atoms with Crippen molar-refractivity contribution in [2.75, 3.05) is 26.3 Å². The lowest BCUT2D eigenvalue weighted by Gasteiger charge is -2.34. The number of aromatic amines is 1. The average Bonchev–Trinajstić information content (AvgIpc) is 3.55. The number of nitrogens with one attached hydrogen (secondary N) is 2. The minimum Gasteiger partial charge on any atom is -0.404 e. The van der Waals surface area contributed by atoms with Crippen LogP contribution in [0.2, 0.25) is 0 Å². The summed E-state index contributed by atoms with van der Waals surface area (Å²) in [6.07, 6.45) is 22.2. The van der Waals surface area contributed by atoms with Gasteiger partial charge in [-0.25, -0.2) is 4.99 Å². The zero-order valence-electron chi connectivity index (χ0n) is 20.7. The number of aliphatic hydroxyl groups is 2. The fraction of sp³-hybridized carbons (Fsp3) is 0.600. The molecule has 1 aliphatic carbocycles. The molecule has 2 heterocycles. The molecule has 34 heavy (non-hydrogen) atoms. The Hall–Kier alpha value is -2.64. The van der Waals surface area contributed by atoms with Gasteiger partial charge in [0.15, 0.2) is 0 Å². The van der Waals surface area contributed by atoms with Crippen molar-refractivity contribution in [1.29, 1.82) is 0 Å². The van der Waals surface area contributed by atoms with Crippen LogP contribution in [0.4, 0.5) is 5.82 Å². The number of aromatic nitrogens is 2. The Morgan fingerprint density at radius 1 is 1.35 bits per heavy atom. The first-order chi connectivity index (χ1) is 16.5. The van der Waals surface area contributed by atoms with E-state index in [0.717, 1.165) is 51.8 Å². The highest BCUT2D eigenvalue weighted by Gasteiger charge is 2.38. The summed E-state index contributed by atoms with van der Waals surface area (Å²) in [6, 6.07) is 1.73. The van der Waals surface area contributed by atoms with E-state index in [1.54, 1.807) is 12.3 Å². The summed E-state index contributed by atoms with van der Waals surface area (Å²) in [5.41, 5.74) is 12.1. The van der Waals surface area contributed by atoms with Crippen LogP contribution < -0.4 is 16.8 Å². The van der Waals surface area contributed by atoms with Gasteiger partial charge in [0.25, 0.3) is 0 Å². The van der Waals surface area contributed by atoms with Crippen molar-refractivity contribution in [2.24, 2.45) is 16.5 Å². The molecule has 9 heteroatoms. The van der Waals surface area contributed by atoms with Crippen LogP contribution in [0.25, 0.3) is 0 Å². The van der Waals surface area contributed by atoms with E-state index in [4.69, 9.17) is 21.3 Å². The molecule has 1 aromatic heterocycles. The van der Waals surface area contributed by atoms with Gasteiger partial charge in [-0.3, -0.25) is 5.10 Å². The van der Waals surface area contributed by atoms with Crippen LogP contribution in [-0.4, -0.2) is 64.3 Å². The smallest absolute Gasteiger partial charge is 0.150 e. The number of hydrogen-bond acceptors (Lipinski definition) is 7. The van der Waals surface area contributed by atoms with E-state index in [1.165, 1.54) is 19.0 Å². The van der Waals surface area contributed by atoms with Gasteiger partial charge >= 0.3 is 0 Å². The normalized spacial score (nSPS) is 22.2. The van der Waals surface area contributed by atoms with Gasteiger partial charge < -0.3 is 31.7 Å². The average molecular weight is 477 g/mol. The third-order valence-corrected chi connectivity index (χ3v) is 5.33. The molecule has 1 aromatic rings. The van der Waals surface area contributed by atoms with Crippen molar-refractivity contribution in [1.82, 2.24) is 15.5 Å². The maximum Gasteiger partial charge on any atom is 0.150 e. The molecular weight excluding hydrogens is 432 g/mol. The van der Waals surface area contributed by atoms with Crippen LogP contribution >= 0.6 is 0 Å². The summed E-state index contributed by atoms with van der Waals surface area (Å²) in [5.74, 6) is 0.975. The van der Waals surface area contributed by atoms with Gasteiger partial charge in [0.05, 0.1) is 24.5 Å². The SMILES string of the molecule is C#C.CCNCCO.CC\C=C/C(=C/N)C(/N)=N/c1ccn[nH]1.OC1CCC2(CCCO2)CC1. The van der Waals surface area contributed by atoms with Gasteiger partial charge in [0, 0.05) is 31.0 Å². The molecule has 1 spiro atoms. The molecule has 0 amide bonds. The number of aliphatic hydroxyl groups excluding tert-OH is 2. The quantitative estimate of drug-likeness (QED) is 0.116. The lowest BCUT2D eigenvalue weighted by molar-refractivity contribution is -0.0508. The van der Waals surface area contributed by atoms with E-state index >= 15 is 0 Å². The Bertz CT molecular complexity index is 708. The number of amidine groups is 1. The van der Waals surface area contributed by atoms with Crippen LogP contribution in [0.1, 0.15) is 58.8 Å². The molecule has 0 bridgehead atoms. The lowest BCUT2D eigenvalue weighted by atomic mass is 9.81. The predicted molar refractivity (Wildman–Crippen MR) is 139 cm³/mol. The van der Waals surface area contributed by atoms with E-state index in [0.29, 0.717) is 17.2 Å². The highest BCUT2D eigenvalue weighted by molar-refractivity contribution is 6.00. The van der Waals surface area contributed by atoms with E-state index in [2.05, 4.69) is 33.4 Å². The van der Waals surface area contributed by atoms with Crippen LogP contribution in [0, 0.1) is 12.8 Å². The van der Waals surface area contributed by atoms with Gasteiger partial charge in [-0.15, -0.1) is 12.8 Å². The maximum absolute atomic E-state index is 9.30.